The minimum atomic E-state index is 0.367. The first-order valence-electron chi connectivity index (χ1n) is 7.57. The Labute approximate surface area is 108 Å². The van der Waals surface area contributed by atoms with Crippen LogP contribution in [0.5, 0.6) is 0 Å². The standard InChI is InChI=1S/C15H32N2/c1-13(2)15(16)11-12-17(3)14-9-7-5-4-6-8-10-14/h13-15H,4-12,16H2,1-3H3. The zero-order valence-corrected chi connectivity index (χ0v) is 12.1. The van der Waals surface area contributed by atoms with Gasteiger partial charge >= 0.3 is 0 Å². The lowest BCUT2D eigenvalue weighted by Crippen LogP contribution is -2.37. The minimum Gasteiger partial charge on any atom is -0.327 e. The van der Waals surface area contributed by atoms with Crippen molar-refractivity contribution in [3.8, 4) is 0 Å². The van der Waals surface area contributed by atoms with E-state index in [1.165, 1.54) is 51.5 Å². The Morgan fingerprint density at radius 2 is 1.59 bits per heavy atom. The van der Waals surface area contributed by atoms with Crippen LogP contribution in [0.25, 0.3) is 0 Å². The van der Waals surface area contributed by atoms with Crippen LogP contribution < -0.4 is 5.73 Å². The summed E-state index contributed by atoms with van der Waals surface area (Å²) in [5.41, 5.74) is 6.12. The molecule has 1 unspecified atom stereocenters. The molecule has 2 nitrogen and oxygen atoms in total. The molecule has 0 amide bonds. The van der Waals surface area contributed by atoms with Crippen LogP contribution in [0.1, 0.15) is 65.2 Å². The van der Waals surface area contributed by atoms with E-state index in [1.807, 2.05) is 0 Å². The largest absolute Gasteiger partial charge is 0.327 e. The van der Waals surface area contributed by atoms with Crippen molar-refractivity contribution in [2.45, 2.75) is 77.3 Å². The van der Waals surface area contributed by atoms with Gasteiger partial charge < -0.3 is 10.6 Å². The number of hydrogen-bond donors (Lipinski definition) is 1. The highest BCUT2D eigenvalue weighted by molar-refractivity contribution is 4.74. The maximum atomic E-state index is 6.12. The highest BCUT2D eigenvalue weighted by Crippen LogP contribution is 2.21. The summed E-state index contributed by atoms with van der Waals surface area (Å²) in [4.78, 5) is 2.56. The van der Waals surface area contributed by atoms with Crippen LogP contribution in [-0.4, -0.2) is 30.6 Å². The van der Waals surface area contributed by atoms with Crippen LogP contribution in [0, 0.1) is 5.92 Å². The Hall–Kier alpha value is -0.0800. The summed E-state index contributed by atoms with van der Waals surface area (Å²) < 4.78 is 0. The number of rotatable bonds is 5. The van der Waals surface area contributed by atoms with E-state index in [9.17, 15) is 0 Å². The Morgan fingerprint density at radius 1 is 1.06 bits per heavy atom. The molecule has 1 saturated carbocycles. The fourth-order valence-corrected chi connectivity index (χ4v) is 2.74. The van der Waals surface area contributed by atoms with Crippen LogP contribution in [0.2, 0.25) is 0 Å². The van der Waals surface area contributed by atoms with Crippen LogP contribution in [-0.2, 0) is 0 Å². The maximum Gasteiger partial charge on any atom is 0.00922 e. The molecule has 1 aliphatic rings. The Balaban J connectivity index is 2.26. The van der Waals surface area contributed by atoms with Gasteiger partial charge in [0.15, 0.2) is 0 Å². The summed E-state index contributed by atoms with van der Waals surface area (Å²) in [7, 11) is 2.29. The molecule has 1 rings (SSSR count). The van der Waals surface area contributed by atoms with Crippen molar-refractivity contribution >= 4 is 0 Å². The lowest BCUT2D eigenvalue weighted by Gasteiger charge is -2.31. The number of nitrogens with two attached hydrogens (primary N) is 1. The van der Waals surface area contributed by atoms with Crippen LogP contribution in [0.4, 0.5) is 0 Å². The molecule has 1 fully saturated rings. The molecule has 1 aliphatic carbocycles. The average Bonchev–Trinajstić information content (AvgIpc) is 2.24. The van der Waals surface area contributed by atoms with Gasteiger partial charge in [0, 0.05) is 12.1 Å². The lowest BCUT2D eigenvalue weighted by molar-refractivity contribution is 0.193. The minimum absolute atomic E-state index is 0.367. The molecule has 0 radical (unpaired) electrons. The molecule has 0 aliphatic heterocycles. The van der Waals surface area contributed by atoms with E-state index in [-0.39, 0.29) is 0 Å². The molecule has 102 valence electrons. The summed E-state index contributed by atoms with van der Waals surface area (Å²) in [6.07, 6.45) is 11.1. The van der Waals surface area contributed by atoms with Gasteiger partial charge in [-0.3, -0.25) is 0 Å². The quantitative estimate of drug-likeness (QED) is 0.798. The number of hydrogen-bond acceptors (Lipinski definition) is 2. The zero-order valence-electron chi connectivity index (χ0n) is 12.1. The van der Waals surface area contributed by atoms with Crippen LogP contribution in [0.3, 0.4) is 0 Å². The second-order valence-electron chi connectivity index (χ2n) is 6.18. The predicted molar refractivity (Wildman–Crippen MR) is 76.2 cm³/mol. The molecule has 0 bridgehead atoms. The van der Waals surface area contributed by atoms with Crippen LogP contribution in [0.15, 0.2) is 0 Å². The zero-order chi connectivity index (χ0) is 12.7. The van der Waals surface area contributed by atoms with E-state index in [0.717, 1.165) is 12.5 Å². The Bertz CT molecular complexity index is 183. The number of nitrogens with zero attached hydrogens (tertiary/aromatic N) is 1. The van der Waals surface area contributed by atoms with Gasteiger partial charge in [-0.1, -0.05) is 46.0 Å². The van der Waals surface area contributed by atoms with Gasteiger partial charge in [0.2, 0.25) is 0 Å². The highest BCUT2D eigenvalue weighted by atomic mass is 15.1. The third kappa shape index (κ3) is 5.87. The van der Waals surface area contributed by atoms with Gasteiger partial charge in [-0.2, -0.15) is 0 Å². The maximum absolute atomic E-state index is 6.12. The predicted octanol–water partition coefficient (Wildman–Crippen LogP) is 3.40. The van der Waals surface area contributed by atoms with E-state index in [2.05, 4.69) is 25.8 Å². The summed E-state index contributed by atoms with van der Waals surface area (Å²) >= 11 is 0. The SMILES string of the molecule is CC(C)C(N)CCN(C)C1CCCCCCC1. The monoisotopic (exact) mass is 240 g/mol. The van der Waals surface area contributed by atoms with Gasteiger partial charge in [-0.25, -0.2) is 0 Å². The van der Waals surface area contributed by atoms with E-state index in [0.29, 0.717) is 12.0 Å². The molecular formula is C15H32N2. The molecule has 1 atom stereocenters. The van der Waals surface area contributed by atoms with Crippen molar-refractivity contribution in [1.82, 2.24) is 4.90 Å². The normalized spacial score (nSPS) is 21.5. The summed E-state index contributed by atoms with van der Waals surface area (Å²) in [5, 5.41) is 0. The molecule has 0 aromatic heterocycles. The molecule has 2 heteroatoms. The van der Waals surface area contributed by atoms with Crippen molar-refractivity contribution in [1.29, 1.82) is 0 Å². The van der Waals surface area contributed by atoms with Gasteiger partial charge in [0.1, 0.15) is 0 Å². The van der Waals surface area contributed by atoms with E-state index in [4.69, 9.17) is 5.73 Å². The summed E-state index contributed by atoms with van der Waals surface area (Å²) in [5.74, 6) is 0.612. The highest BCUT2D eigenvalue weighted by Gasteiger charge is 2.17. The molecular weight excluding hydrogens is 208 g/mol. The Morgan fingerprint density at radius 3 is 2.12 bits per heavy atom. The first-order chi connectivity index (χ1) is 8.11. The second-order valence-corrected chi connectivity index (χ2v) is 6.18. The van der Waals surface area contributed by atoms with Crippen molar-refractivity contribution in [3.05, 3.63) is 0 Å². The summed E-state index contributed by atoms with van der Waals surface area (Å²) in [6.45, 7) is 5.62. The molecule has 2 N–H and O–H groups in total. The van der Waals surface area contributed by atoms with Crippen molar-refractivity contribution in [3.63, 3.8) is 0 Å². The first kappa shape index (κ1) is 15.0. The third-order valence-corrected chi connectivity index (χ3v) is 4.37. The molecule has 0 spiro atoms. The Kier molecular flexibility index (Phi) is 7.14. The molecule has 0 saturated heterocycles. The van der Waals surface area contributed by atoms with Gasteiger partial charge in [0.05, 0.1) is 0 Å². The molecule has 0 aromatic carbocycles. The van der Waals surface area contributed by atoms with Gasteiger partial charge in [0.25, 0.3) is 0 Å². The summed E-state index contributed by atoms with van der Waals surface area (Å²) in [6, 6.07) is 1.18. The van der Waals surface area contributed by atoms with E-state index in [1.54, 1.807) is 0 Å². The smallest absolute Gasteiger partial charge is 0.00922 e. The van der Waals surface area contributed by atoms with Crippen molar-refractivity contribution in [2.24, 2.45) is 11.7 Å². The lowest BCUT2D eigenvalue weighted by atomic mass is 9.95. The van der Waals surface area contributed by atoms with E-state index < -0.39 is 0 Å². The molecule has 17 heavy (non-hydrogen) atoms. The first-order valence-corrected chi connectivity index (χ1v) is 7.57. The third-order valence-electron chi connectivity index (χ3n) is 4.37. The fraction of sp³-hybridized carbons (Fsp3) is 1.00. The second kappa shape index (κ2) is 8.10. The van der Waals surface area contributed by atoms with Gasteiger partial charge in [-0.15, -0.1) is 0 Å². The van der Waals surface area contributed by atoms with Gasteiger partial charge in [-0.05, 0) is 38.8 Å². The fourth-order valence-electron chi connectivity index (χ4n) is 2.74. The van der Waals surface area contributed by atoms with E-state index >= 15 is 0 Å². The molecule has 0 heterocycles. The molecule has 0 aromatic rings. The van der Waals surface area contributed by atoms with Crippen molar-refractivity contribution in [2.75, 3.05) is 13.6 Å². The van der Waals surface area contributed by atoms with Crippen molar-refractivity contribution < 1.29 is 0 Å². The van der Waals surface area contributed by atoms with Crippen LogP contribution >= 0.6 is 0 Å². The average molecular weight is 240 g/mol. The topological polar surface area (TPSA) is 29.3 Å².